The molecule has 2 unspecified atom stereocenters. The van der Waals surface area contributed by atoms with Crippen molar-refractivity contribution in [3.05, 3.63) is 34.9 Å². The van der Waals surface area contributed by atoms with Gasteiger partial charge in [-0.15, -0.1) is 11.3 Å². The molecule has 0 bridgehead atoms. The lowest BCUT2D eigenvalue weighted by atomic mass is 9.93. The number of piperidine rings is 1. The lowest BCUT2D eigenvalue weighted by molar-refractivity contribution is -0.133. The summed E-state index contributed by atoms with van der Waals surface area (Å²) in [5, 5.41) is 3.31. The van der Waals surface area contributed by atoms with Gasteiger partial charge in [-0.2, -0.15) is 0 Å². The molecule has 0 radical (unpaired) electrons. The minimum atomic E-state index is -0.910. The topological polar surface area (TPSA) is 57.6 Å². The molecule has 2 atom stereocenters. The summed E-state index contributed by atoms with van der Waals surface area (Å²) in [5.74, 6) is -0.0378. The van der Waals surface area contributed by atoms with Crippen LogP contribution in [0.1, 0.15) is 80.6 Å². The van der Waals surface area contributed by atoms with Crippen LogP contribution in [0.5, 0.6) is 0 Å². The monoisotopic (exact) mass is 496 g/mol. The highest BCUT2D eigenvalue weighted by molar-refractivity contribution is 7.19. The first-order valence-electron chi connectivity index (χ1n) is 13.6. The van der Waals surface area contributed by atoms with E-state index in [4.69, 9.17) is 0 Å². The average molecular weight is 497 g/mol. The molecule has 3 aliphatic rings. The van der Waals surface area contributed by atoms with Gasteiger partial charge in [-0.3, -0.25) is 9.59 Å². The van der Waals surface area contributed by atoms with Gasteiger partial charge in [0.05, 0.1) is 16.8 Å². The van der Waals surface area contributed by atoms with E-state index >= 15 is 0 Å². The first kappa shape index (κ1) is 24.6. The Bertz CT molecular complexity index is 1100. The van der Waals surface area contributed by atoms with Crippen molar-refractivity contribution in [1.29, 1.82) is 0 Å². The van der Waals surface area contributed by atoms with Gasteiger partial charge < -0.3 is 19.7 Å². The van der Waals surface area contributed by atoms with Crippen LogP contribution in [0, 0.1) is 0 Å². The normalized spacial score (nSPS) is 25.6. The molecule has 1 N–H and O–H groups in total. The first-order valence-corrected chi connectivity index (χ1v) is 14.4. The minimum absolute atomic E-state index is 0.00889. The number of carbonyl (C=O) groups excluding carboxylic acids is 2. The zero-order valence-corrected chi connectivity index (χ0v) is 22.2. The maximum absolute atomic E-state index is 13.9. The SMILES string of the molecule is CCc1cc2c(cc3n2CC(C)(C(=O)NC2C=CCCCC2)N(CCCN2CCCCC2)C3=O)s1. The number of carbonyl (C=O) groups is 2. The van der Waals surface area contributed by atoms with E-state index in [2.05, 4.69) is 39.9 Å². The van der Waals surface area contributed by atoms with E-state index in [0.29, 0.717) is 13.1 Å². The van der Waals surface area contributed by atoms with Crippen molar-refractivity contribution in [3.8, 4) is 0 Å². The van der Waals surface area contributed by atoms with E-state index < -0.39 is 5.54 Å². The summed E-state index contributed by atoms with van der Waals surface area (Å²) < 4.78 is 3.26. The van der Waals surface area contributed by atoms with Crippen molar-refractivity contribution >= 4 is 33.4 Å². The summed E-state index contributed by atoms with van der Waals surface area (Å²) in [6, 6.07) is 4.30. The Morgan fingerprint density at radius 3 is 2.77 bits per heavy atom. The number of aryl methyl sites for hydroxylation is 1. The Morgan fingerprint density at radius 1 is 1.14 bits per heavy atom. The van der Waals surface area contributed by atoms with Gasteiger partial charge in [0.25, 0.3) is 5.91 Å². The lowest BCUT2D eigenvalue weighted by Gasteiger charge is -2.44. The molecule has 1 fully saturated rings. The first-order chi connectivity index (χ1) is 17.0. The molecular weight excluding hydrogens is 456 g/mol. The van der Waals surface area contributed by atoms with Crippen LogP contribution in [0.25, 0.3) is 10.2 Å². The van der Waals surface area contributed by atoms with E-state index in [-0.39, 0.29) is 17.9 Å². The van der Waals surface area contributed by atoms with Crippen LogP contribution < -0.4 is 5.32 Å². The van der Waals surface area contributed by atoms with Gasteiger partial charge in [0.15, 0.2) is 0 Å². The molecule has 4 heterocycles. The fourth-order valence-electron chi connectivity index (χ4n) is 5.98. The molecule has 1 aliphatic carbocycles. The number of hydrogen-bond donors (Lipinski definition) is 1. The van der Waals surface area contributed by atoms with Crippen LogP contribution >= 0.6 is 11.3 Å². The molecule has 5 rings (SSSR count). The molecule has 2 aromatic heterocycles. The van der Waals surface area contributed by atoms with Crippen molar-refractivity contribution in [3.63, 3.8) is 0 Å². The molecule has 35 heavy (non-hydrogen) atoms. The Kier molecular flexibility index (Phi) is 7.35. The number of fused-ring (bicyclic) bond motifs is 3. The zero-order valence-electron chi connectivity index (χ0n) is 21.4. The molecule has 0 spiro atoms. The van der Waals surface area contributed by atoms with Crippen molar-refractivity contribution in [2.45, 2.75) is 89.8 Å². The Hall–Kier alpha value is -2.12. The van der Waals surface area contributed by atoms with Crippen LogP contribution in [0.3, 0.4) is 0 Å². The molecule has 1 saturated heterocycles. The van der Waals surface area contributed by atoms with Crippen LogP contribution in [0.2, 0.25) is 0 Å². The van der Waals surface area contributed by atoms with Crippen LogP contribution in [-0.2, 0) is 17.8 Å². The largest absolute Gasteiger partial charge is 0.348 e. The lowest BCUT2D eigenvalue weighted by Crippen LogP contribution is -2.65. The number of amides is 2. The maximum Gasteiger partial charge on any atom is 0.271 e. The quantitative estimate of drug-likeness (QED) is 0.551. The third kappa shape index (κ3) is 4.94. The van der Waals surface area contributed by atoms with Crippen molar-refractivity contribution in [2.75, 3.05) is 26.2 Å². The van der Waals surface area contributed by atoms with E-state index in [1.54, 1.807) is 11.3 Å². The molecule has 2 amide bonds. The van der Waals surface area contributed by atoms with E-state index in [1.165, 1.54) is 30.6 Å². The number of thiophene rings is 1. The molecule has 0 saturated carbocycles. The maximum atomic E-state index is 13.9. The number of rotatable bonds is 7. The smallest absolute Gasteiger partial charge is 0.271 e. The second-order valence-corrected chi connectivity index (χ2v) is 11.9. The Labute approximate surface area is 213 Å². The third-order valence-corrected chi connectivity index (χ3v) is 9.35. The highest BCUT2D eigenvalue weighted by Gasteiger charge is 2.48. The van der Waals surface area contributed by atoms with Crippen molar-refractivity contribution in [1.82, 2.24) is 19.7 Å². The highest BCUT2D eigenvalue weighted by atomic mass is 32.1. The fraction of sp³-hybridized carbons (Fsp3) is 0.643. The minimum Gasteiger partial charge on any atom is -0.348 e. The summed E-state index contributed by atoms with van der Waals surface area (Å²) in [4.78, 5) is 33.5. The summed E-state index contributed by atoms with van der Waals surface area (Å²) >= 11 is 1.76. The van der Waals surface area contributed by atoms with Gasteiger partial charge in [-0.25, -0.2) is 0 Å². The Morgan fingerprint density at radius 2 is 1.97 bits per heavy atom. The predicted molar refractivity (Wildman–Crippen MR) is 143 cm³/mol. The summed E-state index contributed by atoms with van der Waals surface area (Å²) in [6.45, 7) is 8.54. The second-order valence-electron chi connectivity index (χ2n) is 10.7. The number of allylic oxidation sites excluding steroid dienone is 1. The number of nitrogens with one attached hydrogen (secondary N) is 1. The standard InChI is InChI=1S/C28H40N4O2S/c1-3-22-18-23-25(35-22)19-24-26(33)32(17-11-16-30-14-9-6-10-15-30)28(2,20-31(23)24)27(34)29-21-12-7-4-5-8-13-21/h7,12,18-19,21H,3-6,8-11,13-17,20H2,1-2H3,(H,29,34). The van der Waals surface area contributed by atoms with Gasteiger partial charge >= 0.3 is 0 Å². The van der Waals surface area contributed by atoms with Gasteiger partial charge in [0.1, 0.15) is 11.2 Å². The number of aromatic nitrogens is 1. The number of hydrogen-bond acceptors (Lipinski definition) is 4. The van der Waals surface area contributed by atoms with Crippen LogP contribution in [0.4, 0.5) is 0 Å². The van der Waals surface area contributed by atoms with Gasteiger partial charge in [0, 0.05) is 17.5 Å². The van der Waals surface area contributed by atoms with Crippen LogP contribution in [0.15, 0.2) is 24.3 Å². The summed E-state index contributed by atoms with van der Waals surface area (Å²) in [5.41, 5.74) is 0.912. The molecule has 6 nitrogen and oxygen atoms in total. The molecule has 0 aromatic carbocycles. The highest BCUT2D eigenvalue weighted by Crippen LogP contribution is 2.36. The summed E-state index contributed by atoms with van der Waals surface area (Å²) in [7, 11) is 0. The van der Waals surface area contributed by atoms with E-state index in [9.17, 15) is 9.59 Å². The molecule has 2 aromatic rings. The zero-order chi connectivity index (χ0) is 24.4. The summed E-state index contributed by atoms with van der Waals surface area (Å²) in [6.07, 6.45) is 14.4. The van der Waals surface area contributed by atoms with E-state index in [1.807, 2.05) is 17.9 Å². The molecule has 2 aliphatic heterocycles. The van der Waals surface area contributed by atoms with Gasteiger partial charge in [-0.05, 0) is 83.6 Å². The van der Waals surface area contributed by atoms with Crippen molar-refractivity contribution < 1.29 is 9.59 Å². The van der Waals surface area contributed by atoms with Crippen LogP contribution in [-0.4, -0.2) is 63.9 Å². The second kappa shape index (κ2) is 10.5. The van der Waals surface area contributed by atoms with Crippen molar-refractivity contribution in [2.24, 2.45) is 0 Å². The molecular formula is C28H40N4O2S. The third-order valence-electron chi connectivity index (χ3n) is 8.13. The number of likely N-dealkylation sites (tertiary alicyclic amines) is 1. The fourth-order valence-corrected chi connectivity index (χ4v) is 7.02. The average Bonchev–Trinajstić information content (AvgIpc) is 3.30. The van der Waals surface area contributed by atoms with E-state index in [0.717, 1.165) is 67.6 Å². The van der Waals surface area contributed by atoms with Gasteiger partial charge in [-0.1, -0.05) is 31.9 Å². The molecule has 7 heteroatoms. The van der Waals surface area contributed by atoms with Gasteiger partial charge in [0.2, 0.25) is 5.91 Å². The number of nitrogens with zero attached hydrogens (tertiary/aromatic N) is 3. The molecule has 190 valence electrons. The Balaban J connectivity index is 1.41. The predicted octanol–water partition coefficient (Wildman–Crippen LogP) is 4.97.